The van der Waals surface area contributed by atoms with Crippen molar-refractivity contribution in [1.82, 2.24) is 0 Å². The van der Waals surface area contributed by atoms with Gasteiger partial charge in [0.05, 0.1) is 12.7 Å². The van der Waals surface area contributed by atoms with Crippen LogP contribution in [-0.2, 0) is 14.3 Å². The Balaban J connectivity index is 1.97. The molecule has 3 nitrogen and oxygen atoms in total. The van der Waals surface area contributed by atoms with Crippen LogP contribution in [0.3, 0.4) is 0 Å². The first-order chi connectivity index (χ1) is 7.33. The number of carbonyl (C=O) groups excluding carboxylic acids is 1. The Kier molecular flexibility index (Phi) is 6.41. The van der Waals surface area contributed by atoms with Crippen molar-refractivity contribution in [2.24, 2.45) is 0 Å². The molecule has 3 heteroatoms. The minimum atomic E-state index is -0.0624. The van der Waals surface area contributed by atoms with E-state index in [1.54, 1.807) is 0 Å². The highest BCUT2D eigenvalue weighted by Gasteiger charge is 2.14. The summed E-state index contributed by atoms with van der Waals surface area (Å²) in [4.78, 5) is 11.2. The second kappa shape index (κ2) is 7.69. The van der Waals surface area contributed by atoms with Crippen LogP contribution in [0.15, 0.2) is 0 Å². The molecule has 1 aliphatic heterocycles. The fourth-order valence-corrected chi connectivity index (χ4v) is 1.80. The fraction of sp³-hybridized carbons (Fsp3) is 0.917. The van der Waals surface area contributed by atoms with E-state index in [0.29, 0.717) is 19.1 Å². The molecular formula is C12H22O3. The Bertz CT molecular complexity index is 174. The topological polar surface area (TPSA) is 35.5 Å². The molecule has 0 aromatic carbocycles. The molecule has 0 aromatic rings. The van der Waals surface area contributed by atoms with E-state index in [1.807, 2.05) is 6.92 Å². The van der Waals surface area contributed by atoms with Gasteiger partial charge in [-0.1, -0.05) is 6.92 Å². The van der Waals surface area contributed by atoms with Crippen molar-refractivity contribution in [1.29, 1.82) is 0 Å². The van der Waals surface area contributed by atoms with Crippen LogP contribution in [-0.4, -0.2) is 25.3 Å². The highest BCUT2D eigenvalue weighted by Crippen LogP contribution is 2.17. The van der Waals surface area contributed by atoms with Crippen LogP contribution >= 0.6 is 0 Å². The zero-order chi connectivity index (χ0) is 10.9. The Morgan fingerprint density at radius 2 is 2.33 bits per heavy atom. The van der Waals surface area contributed by atoms with Gasteiger partial charge in [0.2, 0.25) is 0 Å². The maximum Gasteiger partial charge on any atom is 0.305 e. The predicted octanol–water partition coefficient (Wildman–Crippen LogP) is 2.68. The third-order valence-corrected chi connectivity index (χ3v) is 2.65. The Hall–Kier alpha value is -0.570. The summed E-state index contributed by atoms with van der Waals surface area (Å²) in [5.74, 6) is -0.0624. The average Bonchev–Trinajstić information content (AvgIpc) is 2.28. The summed E-state index contributed by atoms with van der Waals surface area (Å²) in [5.41, 5.74) is 0. The van der Waals surface area contributed by atoms with Crippen molar-refractivity contribution < 1.29 is 14.3 Å². The molecule has 88 valence electrons. The van der Waals surface area contributed by atoms with Crippen molar-refractivity contribution in [3.63, 3.8) is 0 Å². The second-order valence-electron chi connectivity index (χ2n) is 4.10. The lowest BCUT2D eigenvalue weighted by molar-refractivity contribution is -0.143. The van der Waals surface area contributed by atoms with E-state index in [9.17, 15) is 4.79 Å². The molecule has 0 aromatic heterocycles. The maximum atomic E-state index is 11.2. The summed E-state index contributed by atoms with van der Waals surface area (Å²) in [5, 5.41) is 0. The molecule has 1 rings (SSSR count). The van der Waals surface area contributed by atoms with Crippen LogP contribution in [0.2, 0.25) is 0 Å². The van der Waals surface area contributed by atoms with E-state index in [2.05, 4.69) is 0 Å². The standard InChI is InChI=1S/C12H22O3/c1-2-9-15-12(13)8-5-7-11-6-3-4-10-14-11/h11H,2-10H2,1H3. The van der Waals surface area contributed by atoms with Gasteiger partial charge in [-0.25, -0.2) is 0 Å². The molecule has 0 aliphatic carbocycles. The third kappa shape index (κ3) is 5.78. The smallest absolute Gasteiger partial charge is 0.305 e. The van der Waals surface area contributed by atoms with E-state index < -0.39 is 0 Å². The lowest BCUT2D eigenvalue weighted by Crippen LogP contribution is -2.19. The SMILES string of the molecule is CCCOC(=O)CCCC1CCCCO1. The van der Waals surface area contributed by atoms with Crippen LogP contribution < -0.4 is 0 Å². The summed E-state index contributed by atoms with van der Waals surface area (Å²) in [7, 11) is 0. The molecular weight excluding hydrogens is 192 g/mol. The molecule has 0 amide bonds. The maximum absolute atomic E-state index is 11.2. The van der Waals surface area contributed by atoms with E-state index >= 15 is 0 Å². The molecule has 1 unspecified atom stereocenters. The summed E-state index contributed by atoms with van der Waals surface area (Å²) < 4.78 is 10.6. The summed E-state index contributed by atoms with van der Waals surface area (Å²) >= 11 is 0. The number of rotatable bonds is 6. The molecule has 0 N–H and O–H groups in total. The van der Waals surface area contributed by atoms with Crippen molar-refractivity contribution in [3.05, 3.63) is 0 Å². The number of hydrogen-bond donors (Lipinski definition) is 0. The van der Waals surface area contributed by atoms with Gasteiger partial charge in [0.25, 0.3) is 0 Å². The fourth-order valence-electron chi connectivity index (χ4n) is 1.80. The number of carbonyl (C=O) groups is 1. The van der Waals surface area contributed by atoms with Gasteiger partial charge in [0, 0.05) is 13.0 Å². The molecule has 1 fully saturated rings. The van der Waals surface area contributed by atoms with Crippen LogP contribution in [0.1, 0.15) is 51.9 Å². The first-order valence-corrected chi connectivity index (χ1v) is 6.10. The Morgan fingerprint density at radius 3 is 3.00 bits per heavy atom. The molecule has 0 bridgehead atoms. The zero-order valence-electron chi connectivity index (χ0n) is 9.67. The van der Waals surface area contributed by atoms with Crippen LogP contribution in [0.5, 0.6) is 0 Å². The summed E-state index contributed by atoms with van der Waals surface area (Å²) in [6.07, 6.45) is 7.34. The van der Waals surface area contributed by atoms with Gasteiger partial charge in [-0.05, 0) is 38.5 Å². The van der Waals surface area contributed by atoms with Gasteiger partial charge in [-0.3, -0.25) is 4.79 Å². The Labute approximate surface area is 92.1 Å². The molecule has 1 aliphatic rings. The van der Waals surface area contributed by atoms with Crippen LogP contribution in [0.25, 0.3) is 0 Å². The van der Waals surface area contributed by atoms with E-state index in [0.717, 1.165) is 32.3 Å². The quantitative estimate of drug-likeness (QED) is 0.638. The lowest BCUT2D eigenvalue weighted by Gasteiger charge is -2.22. The minimum Gasteiger partial charge on any atom is -0.466 e. The predicted molar refractivity (Wildman–Crippen MR) is 58.7 cm³/mol. The van der Waals surface area contributed by atoms with E-state index in [4.69, 9.17) is 9.47 Å². The molecule has 15 heavy (non-hydrogen) atoms. The lowest BCUT2D eigenvalue weighted by atomic mass is 10.0. The van der Waals surface area contributed by atoms with E-state index in [1.165, 1.54) is 12.8 Å². The van der Waals surface area contributed by atoms with Crippen LogP contribution in [0, 0.1) is 0 Å². The van der Waals surface area contributed by atoms with Gasteiger partial charge < -0.3 is 9.47 Å². The van der Waals surface area contributed by atoms with Crippen molar-refractivity contribution in [2.45, 2.75) is 58.0 Å². The number of esters is 1. The first kappa shape index (κ1) is 12.5. The number of hydrogen-bond acceptors (Lipinski definition) is 3. The van der Waals surface area contributed by atoms with E-state index in [-0.39, 0.29) is 5.97 Å². The van der Waals surface area contributed by atoms with Gasteiger partial charge in [0.1, 0.15) is 0 Å². The molecule has 1 heterocycles. The van der Waals surface area contributed by atoms with Gasteiger partial charge in [-0.15, -0.1) is 0 Å². The number of ether oxygens (including phenoxy) is 2. The van der Waals surface area contributed by atoms with Crippen molar-refractivity contribution >= 4 is 5.97 Å². The first-order valence-electron chi connectivity index (χ1n) is 6.10. The monoisotopic (exact) mass is 214 g/mol. The highest BCUT2D eigenvalue weighted by atomic mass is 16.5. The normalized spacial score (nSPS) is 21.3. The van der Waals surface area contributed by atoms with Crippen molar-refractivity contribution in [2.75, 3.05) is 13.2 Å². The third-order valence-electron chi connectivity index (χ3n) is 2.65. The molecule has 1 atom stereocenters. The van der Waals surface area contributed by atoms with Crippen molar-refractivity contribution in [3.8, 4) is 0 Å². The second-order valence-corrected chi connectivity index (χ2v) is 4.10. The molecule has 0 saturated carbocycles. The van der Waals surface area contributed by atoms with Crippen LogP contribution in [0.4, 0.5) is 0 Å². The van der Waals surface area contributed by atoms with Gasteiger partial charge in [-0.2, -0.15) is 0 Å². The van der Waals surface area contributed by atoms with Gasteiger partial charge in [0.15, 0.2) is 0 Å². The highest BCUT2D eigenvalue weighted by molar-refractivity contribution is 5.69. The molecule has 1 saturated heterocycles. The molecule has 0 radical (unpaired) electrons. The minimum absolute atomic E-state index is 0.0624. The average molecular weight is 214 g/mol. The Morgan fingerprint density at radius 1 is 1.47 bits per heavy atom. The summed E-state index contributed by atoms with van der Waals surface area (Å²) in [6, 6.07) is 0. The molecule has 0 spiro atoms. The summed E-state index contributed by atoms with van der Waals surface area (Å²) in [6.45, 7) is 3.45. The zero-order valence-corrected chi connectivity index (χ0v) is 9.67. The largest absolute Gasteiger partial charge is 0.466 e. The van der Waals surface area contributed by atoms with Gasteiger partial charge >= 0.3 is 5.97 Å².